The van der Waals surface area contributed by atoms with Crippen LogP contribution in [0.1, 0.15) is 12.8 Å². The van der Waals surface area contributed by atoms with Crippen LogP contribution in [0.2, 0.25) is 0 Å². The second-order valence-electron chi connectivity index (χ2n) is 3.71. The van der Waals surface area contributed by atoms with Gasteiger partial charge in [0.15, 0.2) is 0 Å². The molecular formula is C8H13NO2. The van der Waals surface area contributed by atoms with Gasteiger partial charge in [0.1, 0.15) is 6.04 Å². The maximum absolute atomic E-state index is 10.8. The number of carbonyl (C=O) groups is 1. The lowest BCUT2D eigenvalue weighted by atomic mass is 10.0. The van der Waals surface area contributed by atoms with Crippen LogP contribution in [-0.2, 0) is 4.79 Å². The van der Waals surface area contributed by atoms with Crippen LogP contribution in [0.15, 0.2) is 0 Å². The van der Waals surface area contributed by atoms with E-state index in [0.29, 0.717) is 5.92 Å². The van der Waals surface area contributed by atoms with Crippen LogP contribution in [0, 0.1) is 11.8 Å². The van der Waals surface area contributed by atoms with E-state index in [9.17, 15) is 4.79 Å². The number of carboxylic acids is 1. The van der Waals surface area contributed by atoms with Gasteiger partial charge in [-0.1, -0.05) is 0 Å². The number of carboxylic acid groups (broad SMARTS) is 1. The number of likely N-dealkylation sites (tertiary alicyclic amines) is 1. The molecule has 2 fully saturated rings. The molecule has 1 aliphatic heterocycles. The van der Waals surface area contributed by atoms with E-state index in [2.05, 4.69) is 0 Å². The molecule has 1 aliphatic carbocycles. The Balaban J connectivity index is 2.09. The maximum atomic E-state index is 10.8. The third kappa shape index (κ3) is 1.03. The van der Waals surface area contributed by atoms with E-state index in [0.717, 1.165) is 18.9 Å². The van der Waals surface area contributed by atoms with Crippen molar-refractivity contribution in [1.29, 1.82) is 0 Å². The summed E-state index contributed by atoms with van der Waals surface area (Å²) in [5.41, 5.74) is 0. The van der Waals surface area contributed by atoms with Gasteiger partial charge in [-0.15, -0.1) is 0 Å². The Morgan fingerprint density at radius 2 is 2.36 bits per heavy atom. The predicted octanol–water partition coefficient (Wildman–Crippen LogP) is 0.411. The molecule has 0 aromatic heterocycles. The smallest absolute Gasteiger partial charge is 0.321 e. The zero-order valence-corrected chi connectivity index (χ0v) is 6.66. The quantitative estimate of drug-likeness (QED) is 0.596. The first-order chi connectivity index (χ1) is 5.20. The van der Waals surface area contributed by atoms with Crippen LogP contribution in [0.4, 0.5) is 0 Å². The van der Waals surface area contributed by atoms with Gasteiger partial charge >= 0.3 is 5.97 Å². The fourth-order valence-electron chi connectivity index (χ4n) is 2.20. The topological polar surface area (TPSA) is 40.5 Å². The second-order valence-corrected chi connectivity index (χ2v) is 3.71. The molecule has 1 N–H and O–H groups in total. The molecular weight excluding hydrogens is 142 g/mol. The molecule has 3 unspecified atom stereocenters. The van der Waals surface area contributed by atoms with Gasteiger partial charge in [0, 0.05) is 0 Å². The number of hydrogen-bond donors (Lipinski definition) is 1. The summed E-state index contributed by atoms with van der Waals surface area (Å²) in [7, 11) is 1.91. The molecule has 2 rings (SSSR count). The molecule has 2 aliphatic rings. The summed E-state index contributed by atoms with van der Waals surface area (Å²) >= 11 is 0. The number of likely N-dealkylation sites (N-methyl/N-ethyl adjacent to an activating group) is 1. The van der Waals surface area contributed by atoms with E-state index in [4.69, 9.17) is 5.11 Å². The lowest BCUT2D eigenvalue weighted by Crippen LogP contribution is -2.43. The van der Waals surface area contributed by atoms with E-state index in [1.54, 1.807) is 0 Å². The molecule has 3 heteroatoms. The lowest BCUT2D eigenvalue weighted by molar-refractivity contribution is -0.144. The van der Waals surface area contributed by atoms with Crippen molar-refractivity contribution in [3.05, 3.63) is 0 Å². The molecule has 0 aromatic carbocycles. The molecule has 0 radical (unpaired) electrons. The van der Waals surface area contributed by atoms with Gasteiger partial charge in [0.05, 0.1) is 0 Å². The summed E-state index contributed by atoms with van der Waals surface area (Å²) in [6.07, 6.45) is 2.34. The minimum absolute atomic E-state index is 0.186. The number of aliphatic carboxylic acids is 1. The standard InChI is InChI=1S/C8H13NO2/c1-9-3-2-5-4-6(5)7(9)8(10)11/h5-7H,2-4H2,1H3,(H,10,11). The summed E-state index contributed by atoms with van der Waals surface area (Å²) in [5, 5.41) is 8.86. The molecule has 0 aromatic rings. The van der Waals surface area contributed by atoms with Crippen molar-refractivity contribution in [1.82, 2.24) is 4.90 Å². The summed E-state index contributed by atoms with van der Waals surface area (Å²) < 4.78 is 0. The summed E-state index contributed by atoms with van der Waals surface area (Å²) in [6.45, 7) is 0.956. The highest BCUT2D eigenvalue weighted by molar-refractivity contribution is 5.74. The highest BCUT2D eigenvalue weighted by Crippen LogP contribution is 2.48. The van der Waals surface area contributed by atoms with Crippen molar-refractivity contribution in [2.45, 2.75) is 18.9 Å². The first-order valence-electron chi connectivity index (χ1n) is 4.13. The Morgan fingerprint density at radius 1 is 1.64 bits per heavy atom. The average molecular weight is 155 g/mol. The summed E-state index contributed by atoms with van der Waals surface area (Å²) in [4.78, 5) is 12.7. The number of hydrogen-bond acceptors (Lipinski definition) is 2. The van der Waals surface area contributed by atoms with E-state index < -0.39 is 5.97 Å². The molecule has 3 nitrogen and oxygen atoms in total. The van der Waals surface area contributed by atoms with Crippen molar-refractivity contribution < 1.29 is 9.90 Å². The molecule has 11 heavy (non-hydrogen) atoms. The molecule has 0 spiro atoms. The third-order valence-corrected chi connectivity index (χ3v) is 2.96. The lowest BCUT2D eigenvalue weighted by Gasteiger charge is -2.28. The van der Waals surface area contributed by atoms with Crippen molar-refractivity contribution in [2.24, 2.45) is 11.8 Å². The zero-order chi connectivity index (χ0) is 8.01. The number of rotatable bonds is 1. The number of nitrogens with zero attached hydrogens (tertiary/aromatic N) is 1. The van der Waals surface area contributed by atoms with Gasteiger partial charge in [0.2, 0.25) is 0 Å². The number of fused-ring (bicyclic) bond motifs is 1. The first kappa shape index (κ1) is 7.10. The highest BCUT2D eigenvalue weighted by atomic mass is 16.4. The van der Waals surface area contributed by atoms with Crippen molar-refractivity contribution in [3.8, 4) is 0 Å². The number of piperidine rings is 1. The molecule has 1 heterocycles. The van der Waals surface area contributed by atoms with Gasteiger partial charge in [-0.05, 0) is 38.3 Å². The van der Waals surface area contributed by atoms with Crippen LogP contribution < -0.4 is 0 Å². The fraction of sp³-hybridized carbons (Fsp3) is 0.875. The fourth-order valence-corrected chi connectivity index (χ4v) is 2.20. The third-order valence-electron chi connectivity index (χ3n) is 2.96. The van der Waals surface area contributed by atoms with E-state index in [1.807, 2.05) is 11.9 Å². The van der Waals surface area contributed by atoms with Crippen molar-refractivity contribution in [2.75, 3.05) is 13.6 Å². The first-order valence-corrected chi connectivity index (χ1v) is 4.13. The molecule has 3 atom stereocenters. The minimum Gasteiger partial charge on any atom is -0.480 e. The summed E-state index contributed by atoms with van der Waals surface area (Å²) in [5.74, 6) is 0.554. The van der Waals surface area contributed by atoms with E-state index in [1.165, 1.54) is 6.42 Å². The SMILES string of the molecule is CN1CCC2CC2C1C(=O)O. The Kier molecular flexibility index (Phi) is 1.42. The largest absolute Gasteiger partial charge is 0.480 e. The van der Waals surface area contributed by atoms with Crippen molar-refractivity contribution >= 4 is 5.97 Å². The normalized spacial score (nSPS) is 43.2. The van der Waals surface area contributed by atoms with Gasteiger partial charge in [-0.3, -0.25) is 9.69 Å². The zero-order valence-electron chi connectivity index (χ0n) is 6.66. The molecule has 1 saturated carbocycles. The predicted molar refractivity (Wildman–Crippen MR) is 40.3 cm³/mol. The van der Waals surface area contributed by atoms with E-state index >= 15 is 0 Å². The van der Waals surface area contributed by atoms with Crippen LogP contribution in [0.25, 0.3) is 0 Å². The Morgan fingerprint density at radius 3 is 2.91 bits per heavy atom. The average Bonchev–Trinajstić information content (AvgIpc) is 2.64. The maximum Gasteiger partial charge on any atom is 0.321 e. The van der Waals surface area contributed by atoms with Gasteiger partial charge < -0.3 is 5.11 Å². The van der Waals surface area contributed by atoms with Crippen molar-refractivity contribution in [3.63, 3.8) is 0 Å². The Hall–Kier alpha value is -0.570. The van der Waals surface area contributed by atoms with Crippen LogP contribution in [0.5, 0.6) is 0 Å². The Bertz CT molecular complexity index is 191. The van der Waals surface area contributed by atoms with E-state index in [-0.39, 0.29) is 6.04 Å². The summed E-state index contributed by atoms with van der Waals surface area (Å²) in [6, 6.07) is -0.186. The van der Waals surface area contributed by atoms with Crippen LogP contribution in [0.3, 0.4) is 0 Å². The van der Waals surface area contributed by atoms with Gasteiger partial charge in [-0.2, -0.15) is 0 Å². The monoisotopic (exact) mass is 155 g/mol. The van der Waals surface area contributed by atoms with Crippen LogP contribution >= 0.6 is 0 Å². The second kappa shape index (κ2) is 2.21. The van der Waals surface area contributed by atoms with Gasteiger partial charge in [-0.25, -0.2) is 0 Å². The minimum atomic E-state index is -0.639. The molecule has 0 amide bonds. The molecule has 62 valence electrons. The van der Waals surface area contributed by atoms with Gasteiger partial charge in [0.25, 0.3) is 0 Å². The Labute approximate surface area is 66.0 Å². The molecule has 0 bridgehead atoms. The molecule has 1 saturated heterocycles. The van der Waals surface area contributed by atoms with Crippen LogP contribution in [-0.4, -0.2) is 35.6 Å². The highest BCUT2D eigenvalue weighted by Gasteiger charge is 2.50.